The average molecular weight is 416 g/mol. The molecule has 18 nitrogen and oxygen atoms in total. The van der Waals surface area contributed by atoms with Gasteiger partial charge in [0.1, 0.15) is 0 Å². The third-order valence-electron chi connectivity index (χ3n) is 0. The Kier molecular flexibility index (Phi) is 63.3. The van der Waals surface area contributed by atoms with Gasteiger partial charge in [0.05, 0.1) is 0 Å². The molecule has 0 rings (SSSR count). The first-order valence-electron chi connectivity index (χ1n) is 4.69. The molecular formula is C6H24FeN12O6. The number of rotatable bonds is 0. The molecule has 0 bridgehead atoms. The Hall–Kier alpha value is -3.86. The normalized spacial score (nSPS) is 5.76. The Labute approximate surface area is 151 Å². The molecule has 0 spiro atoms. The average Bonchev–Trinajstić information content (AvgIpc) is 2.08. The Morgan fingerprint density at radius 1 is 0.280 bits per heavy atom. The van der Waals surface area contributed by atoms with Crippen LogP contribution in [0, 0.1) is 0 Å². The fourth-order valence-corrected chi connectivity index (χ4v) is 0. The molecule has 0 saturated carbocycles. The SMILES string of the molecule is NC(N)=O.NC(N)=O.NC(N)=O.NC(N)=O.NC(N)=O.NC(N)=O.[Fe]. The summed E-state index contributed by atoms with van der Waals surface area (Å²) in [4.78, 5) is 54.0. The monoisotopic (exact) mass is 416 g/mol. The van der Waals surface area contributed by atoms with E-state index >= 15 is 0 Å². The summed E-state index contributed by atoms with van der Waals surface area (Å²) in [7, 11) is 0. The van der Waals surface area contributed by atoms with Gasteiger partial charge in [-0.25, -0.2) is 28.8 Å². The summed E-state index contributed by atoms with van der Waals surface area (Å²) >= 11 is 0. The summed E-state index contributed by atoms with van der Waals surface area (Å²) < 4.78 is 0. The number of primary amides is 12. The second kappa shape index (κ2) is 36.9. The smallest absolute Gasteiger partial charge is 0.309 e. The number of amides is 12. The molecule has 0 aromatic rings. The maximum atomic E-state index is 9.00. The van der Waals surface area contributed by atoms with E-state index in [9.17, 15) is 0 Å². The molecule has 19 heteroatoms. The van der Waals surface area contributed by atoms with Crippen LogP contribution in [-0.4, -0.2) is 36.2 Å². The van der Waals surface area contributed by atoms with Gasteiger partial charge >= 0.3 is 36.2 Å². The van der Waals surface area contributed by atoms with Crippen LogP contribution in [-0.2, 0) is 17.1 Å². The summed E-state index contributed by atoms with van der Waals surface area (Å²) in [5.74, 6) is 0. The first kappa shape index (κ1) is 42.9. The van der Waals surface area contributed by atoms with Crippen LogP contribution >= 0.6 is 0 Å². The number of carbonyl (C=O) groups excluding carboxylic acids is 6. The van der Waals surface area contributed by atoms with Crippen molar-refractivity contribution in [3.8, 4) is 0 Å². The van der Waals surface area contributed by atoms with E-state index in [0.717, 1.165) is 0 Å². The molecule has 0 aliphatic heterocycles. The van der Waals surface area contributed by atoms with Crippen molar-refractivity contribution in [3.63, 3.8) is 0 Å². The minimum absolute atomic E-state index is 0. The number of nitrogens with two attached hydrogens (primary N) is 12. The predicted octanol–water partition coefficient (Wildman–Crippen LogP) is -5.86. The van der Waals surface area contributed by atoms with Crippen LogP contribution in [0.5, 0.6) is 0 Å². The molecule has 12 amide bonds. The predicted molar refractivity (Wildman–Crippen MR) is 82.6 cm³/mol. The fourth-order valence-electron chi connectivity index (χ4n) is 0. The van der Waals surface area contributed by atoms with E-state index < -0.39 is 36.2 Å². The van der Waals surface area contributed by atoms with Gasteiger partial charge in [0.15, 0.2) is 0 Å². The van der Waals surface area contributed by atoms with Crippen LogP contribution in [0.3, 0.4) is 0 Å². The van der Waals surface area contributed by atoms with Gasteiger partial charge in [-0.1, -0.05) is 0 Å². The van der Waals surface area contributed by atoms with Crippen LogP contribution in [0.1, 0.15) is 0 Å². The summed E-state index contributed by atoms with van der Waals surface area (Å²) in [6.45, 7) is 0. The van der Waals surface area contributed by atoms with E-state index in [1.165, 1.54) is 0 Å². The number of carbonyl (C=O) groups is 6. The second-order valence-electron chi connectivity index (χ2n) is 2.41. The van der Waals surface area contributed by atoms with Crippen molar-refractivity contribution >= 4 is 36.2 Å². The van der Waals surface area contributed by atoms with E-state index in [4.69, 9.17) is 28.8 Å². The zero-order chi connectivity index (χ0) is 21.5. The summed E-state index contributed by atoms with van der Waals surface area (Å²) in [6.07, 6.45) is 0. The molecule has 152 valence electrons. The van der Waals surface area contributed by atoms with Gasteiger partial charge in [-0.3, -0.25) is 0 Å². The largest absolute Gasteiger partial charge is 0.352 e. The zero-order valence-corrected chi connectivity index (χ0v) is 13.8. The van der Waals surface area contributed by atoms with Crippen molar-refractivity contribution in [3.05, 3.63) is 0 Å². The molecule has 0 aromatic heterocycles. The number of urea groups is 6. The van der Waals surface area contributed by atoms with Gasteiger partial charge in [0.25, 0.3) is 0 Å². The molecule has 0 aliphatic rings. The molecule has 0 heterocycles. The quantitative estimate of drug-likeness (QED) is 0.170. The minimum atomic E-state index is -0.833. The van der Waals surface area contributed by atoms with Crippen LogP contribution < -0.4 is 68.8 Å². The van der Waals surface area contributed by atoms with E-state index in [1.54, 1.807) is 0 Å². The summed E-state index contributed by atoms with van der Waals surface area (Å²) in [5.41, 5.74) is 51.0. The molecule has 0 atom stereocenters. The van der Waals surface area contributed by atoms with Crippen LogP contribution in [0.2, 0.25) is 0 Å². The summed E-state index contributed by atoms with van der Waals surface area (Å²) in [6, 6.07) is -5.00. The molecule has 0 radical (unpaired) electrons. The fraction of sp³-hybridized carbons (Fsp3) is 0. The van der Waals surface area contributed by atoms with Gasteiger partial charge in [-0.15, -0.1) is 0 Å². The van der Waals surface area contributed by atoms with Crippen LogP contribution in [0.25, 0.3) is 0 Å². The third-order valence-corrected chi connectivity index (χ3v) is 0. The van der Waals surface area contributed by atoms with Gasteiger partial charge in [0.2, 0.25) is 0 Å². The van der Waals surface area contributed by atoms with Gasteiger partial charge in [0, 0.05) is 17.1 Å². The molecule has 0 aliphatic carbocycles. The topological polar surface area (TPSA) is 415 Å². The second-order valence-corrected chi connectivity index (χ2v) is 2.41. The van der Waals surface area contributed by atoms with E-state index in [0.29, 0.717) is 0 Å². The van der Waals surface area contributed by atoms with Crippen LogP contribution in [0.4, 0.5) is 28.8 Å². The van der Waals surface area contributed by atoms with Crippen LogP contribution in [0.15, 0.2) is 0 Å². The minimum Gasteiger partial charge on any atom is -0.352 e. The van der Waals surface area contributed by atoms with Gasteiger partial charge in [-0.2, -0.15) is 0 Å². The zero-order valence-electron chi connectivity index (χ0n) is 12.7. The molecule has 24 N–H and O–H groups in total. The van der Waals surface area contributed by atoms with Crippen molar-refractivity contribution in [2.24, 2.45) is 68.8 Å². The number of hydrogen-bond acceptors (Lipinski definition) is 6. The Balaban J connectivity index is -0.0000000309. The Morgan fingerprint density at radius 2 is 0.280 bits per heavy atom. The Bertz CT molecular complexity index is 273. The first-order chi connectivity index (χ1) is 10.4. The van der Waals surface area contributed by atoms with Crippen molar-refractivity contribution < 1.29 is 45.8 Å². The Morgan fingerprint density at radius 3 is 0.280 bits per heavy atom. The van der Waals surface area contributed by atoms with Crippen molar-refractivity contribution in [2.45, 2.75) is 0 Å². The first-order valence-corrected chi connectivity index (χ1v) is 4.69. The van der Waals surface area contributed by atoms with E-state index in [-0.39, 0.29) is 17.1 Å². The molecule has 25 heavy (non-hydrogen) atoms. The van der Waals surface area contributed by atoms with Crippen molar-refractivity contribution in [2.75, 3.05) is 0 Å². The molecule has 0 saturated heterocycles. The molecule has 0 aromatic carbocycles. The molecule has 0 unspecified atom stereocenters. The van der Waals surface area contributed by atoms with E-state index in [2.05, 4.69) is 68.8 Å². The molecular weight excluding hydrogens is 392 g/mol. The van der Waals surface area contributed by atoms with E-state index in [1.807, 2.05) is 0 Å². The van der Waals surface area contributed by atoms with Gasteiger partial charge in [-0.05, 0) is 0 Å². The third kappa shape index (κ3) is 445. The maximum absolute atomic E-state index is 9.00. The maximum Gasteiger partial charge on any atom is 0.309 e. The summed E-state index contributed by atoms with van der Waals surface area (Å²) in [5, 5.41) is 0. The number of hydrogen-bond donors (Lipinski definition) is 12. The van der Waals surface area contributed by atoms with Gasteiger partial charge < -0.3 is 68.8 Å². The van der Waals surface area contributed by atoms with Crippen molar-refractivity contribution in [1.29, 1.82) is 0 Å². The molecule has 0 fully saturated rings. The standard InChI is InChI=1S/6CH4N2O.Fe/c6*2-1(3)4;/h6*(H4,2,3,4);. The van der Waals surface area contributed by atoms with Crippen molar-refractivity contribution in [1.82, 2.24) is 0 Å².